The first kappa shape index (κ1) is 33.6. The Labute approximate surface area is 264 Å². The summed E-state index contributed by atoms with van der Waals surface area (Å²) in [7, 11) is 0. The molecular weight excluding hydrogens is 634 g/mol. The summed E-state index contributed by atoms with van der Waals surface area (Å²) in [6.07, 6.45) is -4.04. The fraction of sp³-hybridized carbons (Fsp3) is 0.303. The van der Waals surface area contributed by atoms with Crippen LogP contribution in [0.25, 0.3) is 16.8 Å². The van der Waals surface area contributed by atoms with Gasteiger partial charge >= 0.3 is 6.18 Å². The minimum atomic E-state index is -5.02. The SMILES string of the molecule is C=C(N)c1cc(-c2cccnc2C(Cc2cc(F)cc(F)c2)NC(=O)Cn2nc(C(F)(F)F)c3c2C(F)(F)C2CC32)ccc1F.CC. The summed E-state index contributed by atoms with van der Waals surface area (Å²) in [5.41, 5.74) is 3.56. The van der Waals surface area contributed by atoms with Crippen LogP contribution in [0, 0.1) is 23.4 Å². The van der Waals surface area contributed by atoms with E-state index < -0.39 is 76.8 Å². The molecule has 1 saturated carbocycles. The lowest BCUT2D eigenvalue weighted by Crippen LogP contribution is -2.35. The zero-order valence-corrected chi connectivity index (χ0v) is 25.1. The summed E-state index contributed by atoms with van der Waals surface area (Å²) in [5, 5.41) is 5.95. The van der Waals surface area contributed by atoms with Gasteiger partial charge in [0.2, 0.25) is 5.91 Å². The third-order valence-corrected chi connectivity index (χ3v) is 7.98. The number of halogens is 8. The zero-order chi connectivity index (χ0) is 34.4. The second-order valence-corrected chi connectivity index (χ2v) is 11.1. The number of amides is 1. The van der Waals surface area contributed by atoms with E-state index in [0.717, 1.165) is 18.2 Å². The average Bonchev–Trinajstić information content (AvgIpc) is 3.65. The van der Waals surface area contributed by atoms with Gasteiger partial charge in [0.1, 0.15) is 29.7 Å². The number of benzene rings is 2. The van der Waals surface area contributed by atoms with Gasteiger partial charge in [-0.1, -0.05) is 32.6 Å². The Morgan fingerprint density at radius 1 is 1.11 bits per heavy atom. The average molecular weight is 664 g/mol. The number of carbonyl (C=O) groups excluding carboxylic acids is 1. The second kappa shape index (κ2) is 12.5. The number of hydrogen-bond donors (Lipinski definition) is 2. The third kappa shape index (κ3) is 6.45. The third-order valence-electron chi connectivity index (χ3n) is 7.98. The highest BCUT2D eigenvalue weighted by Crippen LogP contribution is 2.68. The molecule has 1 fully saturated rings. The number of pyridine rings is 1. The van der Waals surface area contributed by atoms with Gasteiger partial charge in [0.05, 0.1) is 11.7 Å². The van der Waals surface area contributed by atoms with Crippen molar-refractivity contribution in [2.45, 2.75) is 57.3 Å². The molecule has 2 aromatic carbocycles. The molecule has 0 aliphatic heterocycles. The van der Waals surface area contributed by atoms with Crippen molar-refractivity contribution in [2.75, 3.05) is 0 Å². The zero-order valence-electron chi connectivity index (χ0n) is 25.1. The van der Waals surface area contributed by atoms with Crippen LogP contribution in [0.15, 0.2) is 61.3 Å². The van der Waals surface area contributed by atoms with Crippen LogP contribution in [0.4, 0.5) is 35.1 Å². The summed E-state index contributed by atoms with van der Waals surface area (Å²) >= 11 is 0. The van der Waals surface area contributed by atoms with Crippen LogP contribution in [0.3, 0.4) is 0 Å². The monoisotopic (exact) mass is 663 g/mol. The van der Waals surface area contributed by atoms with E-state index in [4.69, 9.17) is 5.73 Å². The molecule has 4 aromatic rings. The van der Waals surface area contributed by atoms with Gasteiger partial charge < -0.3 is 11.1 Å². The number of fused-ring (bicyclic) bond motifs is 3. The normalized spacial score (nSPS) is 18.0. The molecule has 3 N–H and O–H groups in total. The molecule has 2 heterocycles. The maximum absolute atomic E-state index is 15.1. The molecule has 0 spiro atoms. The van der Waals surface area contributed by atoms with E-state index in [1.165, 1.54) is 18.3 Å². The molecule has 2 aliphatic carbocycles. The number of alkyl halides is 5. The number of rotatable bonds is 8. The van der Waals surface area contributed by atoms with Gasteiger partial charge in [0.25, 0.3) is 5.92 Å². The van der Waals surface area contributed by atoms with Crippen LogP contribution in [0.5, 0.6) is 0 Å². The summed E-state index contributed by atoms with van der Waals surface area (Å²) in [6, 6.07) is 8.53. The molecule has 248 valence electrons. The van der Waals surface area contributed by atoms with E-state index in [1.54, 1.807) is 12.1 Å². The lowest BCUT2D eigenvalue weighted by molar-refractivity contribution is -0.142. The van der Waals surface area contributed by atoms with Crippen molar-refractivity contribution in [2.24, 2.45) is 11.7 Å². The van der Waals surface area contributed by atoms with Gasteiger partial charge in [0, 0.05) is 40.6 Å². The Bertz CT molecular complexity index is 1830. The number of hydrogen-bond acceptors (Lipinski definition) is 4. The molecule has 1 amide bonds. The van der Waals surface area contributed by atoms with E-state index in [0.29, 0.717) is 21.9 Å². The minimum Gasteiger partial charge on any atom is -0.399 e. The van der Waals surface area contributed by atoms with Crippen LogP contribution in [0.1, 0.15) is 66.0 Å². The van der Waals surface area contributed by atoms with Crippen molar-refractivity contribution in [3.63, 3.8) is 0 Å². The fourth-order valence-electron chi connectivity index (χ4n) is 6.03. The van der Waals surface area contributed by atoms with Crippen molar-refractivity contribution < 1.29 is 39.9 Å². The van der Waals surface area contributed by atoms with Crippen LogP contribution >= 0.6 is 0 Å². The lowest BCUT2D eigenvalue weighted by Gasteiger charge is -2.22. The molecule has 3 atom stereocenters. The molecule has 0 radical (unpaired) electrons. The Balaban J connectivity index is 0.00000213. The Hall–Kier alpha value is -4.75. The topological polar surface area (TPSA) is 85.8 Å². The van der Waals surface area contributed by atoms with Crippen LogP contribution in [0.2, 0.25) is 0 Å². The summed E-state index contributed by atoms with van der Waals surface area (Å²) in [4.78, 5) is 17.7. The largest absolute Gasteiger partial charge is 0.435 e. The lowest BCUT2D eigenvalue weighted by atomic mass is 9.94. The van der Waals surface area contributed by atoms with E-state index in [1.807, 2.05) is 13.8 Å². The number of carbonyl (C=O) groups is 1. The first-order valence-corrected chi connectivity index (χ1v) is 14.6. The maximum atomic E-state index is 15.1. The van der Waals surface area contributed by atoms with Crippen molar-refractivity contribution >= 4 is 11.6 Å². The highest BCUT2D eigenvalue weighted by Gasteiger charge is 2.68. The molecule has 2 aromatic heterocycles. The molecule has 0 saturated heterocycles. The number of nitrogens with zero attached hydrogens (tertiary/aromatic N) is 3. The van der Waals surface area contributed by atoms with Crippen LogP contribution in [-0.4, -0.2) is 20.7 Å². The highest BCUT2D eigenvalue weighted by molar-refractivity contribution is 5.78. The Kier molecular flexibility index (Phi) is 8.91. The summed E-state index contributed by atoms with van der Waals surface area (Å²) in [6.45, 7) is 6.55. The predicted molar refractivity (Wildman–Crippen MR) is 157 cm³/mol. The van der Waals surface area contributed by atoms with Gasteiger partial charge in [-0.2, -0.15) is 27.1 Å². The Morgan fingerprint density at radius 3 is 2.43 bits per heavy atom. The van der Waals surface area contributed by atoms with Gasteiger partial charge in [-0.05, 0) is 60.2 Å². The standard InChI is InChI=1S/C31H23F8N5O.C2H6/c1-14(40)20-10-16(4-5-23(20)34)19-3-2-6-41-27(19)24(9-15-7-17(32)11-18(33)8-15)42-25(45)13-44-29-26(28(43-44)31(37,38)39)21-12-22(21)30(29,35)36;1-2/h2-8,10-11,21-22,24H,1,9,12-13,40H2,(H,42,45);1-2H3. The van der Waals surface area contributed by atoms with Gasteiger partial charge in [-0.25, -0.2) is 13.2 Å². The van der Waals surface area contributed by atoms with Crippen molar-refractivity contribution in [1.29, 1.82) is 0 Å². The summed E-state index contributed by atoms with van der Waals surface area (Å²) in [5.74, 6) is -9.40. The minimum absolute atomic E-state index is 0.0120. The van der Waals surface area contributed by atoms with Gasteiger partial charge in [-0.3, -0.25) is 14.5 Å². The molecule has 47 heavy (non-hydrogen) atoms. The molecule has 3 unspecified atom stereocenters. The smallest absolute Gasteiger partial charge is 0.399 e. The summed E-state index contributed by atoms with van der Waals surface area (Å²) < 4.78 is 114. The van der Waals surface area contributed by atoms with E-state index in [9.17, 15) is 31.1 Å². The number of nitrogens with one attached hydrogen (secondary N) is 1. The number of aromatic nitrogens is 3. The van der Waals surface area contributed by atoms with Gasteiger partial charge in [0.15, 0.2) is 5.69 Å². The van der Waals surface area contributed by atoms with E-state index in [-0.39, 0.29) is 35.4 Å². The molecule has 2 aliphatic rings. The first-order chi connectivity index (χ1) is 22.1. The van der Waals surface area contributed by atoms with Crippen LogP contribution < -0.4 is 11.1 Å². The second-order valence-electron chi connectivity index (χ2n) is 11.1. The van der Waals surface area contributed by atoms with Crippen LogP contribution in [-0.2, 0) is 29.9 Å². The fourth-order valence-corrected chi connectivity index (χ4v) is 6.03. The molecule has 6 nitrogen and oxygen atoms in total. The quantitative estimate of drug-likeness (QED) is 0.190. The molecule has 0 bridgehead atoms. The highest BCUT2D eigenvalue weighted by atomic mass is 19.4. The Morgan fingerprint density at radius 2 is 1.79 bits per heavy atom. The van der Waals surface area contributed by atoms with E-state index >= 15 is 8.78 Å². The molecular formula is C33H29F8N5O. The van der Waals surface area contributed by atoms with Crippen molar-refractivity contribution in [1.82, 2.24) is 20.1 Å². The number of nitrogens with two attached hydrogens (primary N) is 1. The molecule has 6 rings (SSSR count). The van der Waals surface area contributed by atoms with E-state index in [2.05, 4.69) is 22.0 Å². The maximum Gasteiger partial charge on any atom is 0.435 e. The first-order valence-electron chi connectivity index (χ1n) is 14.6. The predicted octanol–water partition coefficient (Wildman–Crippen LogP) is 7.65. The van der Waals surface area contributed by atoms with Gasteiger partial charge in [-0.15, -0.1) is 0 Å². The van der Waals surface area contributed by atoms with Crippen molar-refractivity contribution in [3.05, 3.63) is 113 Å². The van der Waals surface area contributed by atoms with Crippen molar-refractivity contribution in [3.8, 4) is 11.1 Å². The molecule has 14 heteroatoms.